The van der Waals surface area contributed by atoms with Crippen LogP contribution >= 0.6 is 73.7 Å². The summed E-state index contributed by atoms with van der Waals surface area (Å²) in [5.41, 5.74) is 0.644. The van der Waals surface area contributed by atoms with Gasteiger partial charge in [0.1, 0.15) is 0 Å². The van der Waals surface area contributed by atoms with Crippen molar-refractivity contribution in [2.24, 2.45) is 4.40 Å². The average molecular weight is 599 g/mol. The summed E-state index contributed by atoms with van der Waals surface area (Å²) in [5.74, 6) is -0.944. The molecule has 2 aromatic rings. The standard InChI is InChI=1S/C16H7BrCl2F4INS/c17-9-3-7(1-2-12(9)24)13-6-15(26-25-13,16(21,22)23)8-4-10(18)14(20)11(19)5-8/h1-5H,6H2. The molecule has 1 heterocycles. The van der Waals surface area contributed by atoms with Crippen LogP contribution in [0.25, 0.3) is 0 Å². The number of alkyl halides is 3. The van der Waals surface area contributed by atoms with Gasteiger partial charge in [-0.15, -0.1) is 0 Å². The Kier molecular flexibility index (Phi) is 5.91. The molecule has 0 amide bonds. The van der Waals surface area contributed by atoms with E-state index >= 15 is 0 Å². The van der Waals surface area contributed by atoms with Gasteiger partial charge in [0.15, 0.2) is 10.6 Å². The highest BCUT2D eigenvalue weighted by atomic mass is 127. The van der Waals surface area contributed by atoms with Crippen molar-refractivity contribution in [3.05, 3.63) is 65.4 Å². The summed E-state index contributed by atoms with van der Waals surface area (Å²) >= 11 is 17.3. The third-order valence-electron chi connectivity index (χ3n) is 3.89. The molecule has 0 bridgehead atoms. The third kappa shape index (κ3) is 3.64. The summed E-state index contributed by atoms with van der Waals surface area (Å²) < 4.78 is 59.1. The van der Waals surface area contributed by atoms with Gasteiger partial charge >= 0.3 is 6.18 Å². The predicted molar refractivity (Wildman–Crippen MR) is 110 cm³/mol. The molecule has 1 unspecified atom stereocenters. The molecule has 10 heteroatoms. The minimum Gasteiger partial charge on any atom is -0.219 e. The first-order valence-electron chi connectivity index (χ1n) is 6.97. The second-order valence-corrected chi connectivity index (χ2v) is 9.41. The predicted octanol–water partition coefficient (Wildman–Crippen LogP) is 7.80. The number of hydrogen-bond acceptors (Lipinski definition) is 2. The monoisotopic (exact) mass is 597 g/mol. The van der Waals surface area contributed by atoms with Crippen LogP contribution in [0.15, 0.2) is 39.2 Å². The minimum atomic E-state index is -4.65. The maximum Gasteiger partial charge on any atom is 0.409 e. The molecular formula is C16H7BrCl2F4INS. The van der Waals surface area contributed by atoms with E-state index in [1.807, 2.05) is 0 Å². The van der Waals surface area contributed by atoms with Gasteiger partial charge in [-0.2, -0.15) is 13.2 Å². The van der Waals surface area contributed by atoms with Gasteiger partial charge in [0.2, 0.25) is 0 Å². The lowest BCUT2D eigenvalue weighted by Crippen LogP contribution is -2.38. The SMILES string of the molecule is Fc1c(Cl)cc(C2(C(F)(F)F)CC(c3ccc(I)c(Br)c3)=NS2)cc1Cl. The lowest BCUT2D eigenvalue weighted by molar-refractivity contribution is -0.159. The van der Waals surface area contributed by atoms with Crippen LogP contribution in [0.5, 0.6) is 0 Å². The fraction of sp³-hybridized carbons (Fsp3) is 0.188. The summed E-state index contributed by atoms with van der Waals surface area (Å²) in [7, 11) is 0. The Balaban J connectivity index is 2.06. The first-order valence-corrected chi connectivity index (χ1v) is 10.4. The van der Waals surface area contributed by atoms with Gasteiger partial charge in [-0.25, -0.2) is 8.79 Å². The maximum atomic E-state index is 14.0. The molecule has 2 aromatic carbocycles. The molecule has 138 valence electrons. The van der Waals surface area contributed by atoms with Crippen molar-refractivity contribution in [2.75, 3.05) is 0 Å². The van der Waals surface area contributed by atoms with Gasteiger partial charge in [-0.1, -0.05) is 29.3 Å². The summed E-state index contributed by atoms with van der Waals surface area (Å²) in [6.45, 7) is 0. The minimum absolute atomic E-state index is 0.227. The van der Waals surface area contributed by atoms with Crippen molar-refractivity contribution in [3.8, 4) is 0 Å². The molecular weight excluding hydrogens is 592 g/mol. The smallest absolute Gasteiger partial charge is 0.219 e. The van der Waals surface area contributed by atoms with Crippen LogP contribution in [-0.4, -0.2) is 11.9 Å². The van der Waals surface area contributed by atoms with Gasteiger partial charge < -0.3 is 0 Å². The fourth-order valence-corrected chi connectivity index (χ4v) is 4.69. The zero-order chi connectivity index (χ0) is 19.3. The van der Waals surface area contributed by atoms with E-state index in [0.29, 0.717) is 23.2 Å². The van der Waals surface area contributed by atoms with Crippen molar-refractivity contribution >= 4 is 79.4 Å². The molecule has 1 aliphatic heterocycles. The molecule has 0 saturated heterocycles. The molecule has 0 aliphatic carbocycles. The average Bonchev–Trinajstić information content (AvgIpc) is 3.01. The van der Waals surface area contributed by atoms with Crippen LogP contribution in [0.4, 0.5) is 17.6 Å². The van der Waals surface area contributed by atoms with Crippen LogP contribution < -0.4 is 0 Å². The van der Waals surface area contributed by atoms with E-state index in [0.717, 1.165) is 20.2 Å². The van der Waals surface area contributed by atoms with Gasteiger partial charge in [-0.05, 0) is 85.9 Å². The number of halogens is 8. The van der Waals surface area contributed by atoms with Gasteiger partial charge in [0.25, 0.3) is 0 Å². The summed E-state index contributed by atoms with van der Waals surface area (Å²) in [4.78, 5) is 0. The summed E-state index contributed by atoms with van der Waals surface area (Å²) in [6, 6.07) is 7.14. The van der Waals surface area contributed by atoms with Crippen LogP contribution in [0.1, 0.15) is 17.5 Å². The Bertz CT molecular complexity index is 899. The highest BCUT2D eigenvalue weighted by molar-refractivity contribution is 14.1. The Morgan fingerprint density at radius 3 is 2.31 bits per heavy atom. The van der Waals surface area contributed by atoms with Crippen LogP contribution in [-0.2, 0) is 4.75 Å². The van der Waals surface area contributed by atoms with Crippen LogP contribution in [0, 0.1) is 9.39 Å². The molecule has 1 atom stereocenters. The second kappa shape index (κ2) is 7.42. The molecule has 0 radical (unpaired) electrons. The number of benzene rings is 2. The van der Waals surface area contributed by atoms with Crippen LogP contribution in [0.3, 0.4) is 0 Å². The Morgan fingerprint density at radius 2 is 1.77 bits per heavy atom. The summed E-state index contributed by atoms with van der Waals surface area (Å²) in [6.07, 6.45) is -5.06. The largest absolute Gasteiger partial charge is 0.409 e. The first kappa shape index (κ1) is 20.7. The van der Waals surface area contributed by atoms with E-state index < -0.39 is 33.2 Å². The van der Waals surface area contributed by atoms with Crippen molar-refractivity contribution < 1.29 is 17.6 Å². The van der Waals surface area contributed by atoms with Crippen molar-refractivity contribution in [1.29, 1.82) is 0 Å². The highest BCUT2D eigenvalue weighted by Gasteiger charge is 2.60. The molecule has 0 spiro atoms. The molecule has 0 fully saturated rings. The second-order valence-electron chi connectivity index (χ2n) is 5.51. The molecule has 0 N–H and O–H groups in total. The van der Waals surface area contributed by atoms with Crippen molar-refractivity contribution in [3.63, 3.8) is 0 Å². The van der Waals surface area contributed by atoms with Gasteiger partial charge in [0.05, 0.1) is 15.8 Å². The third-order valence-corrected chi connectivity index (χ3v) is 8.01. The zero-order valence-corrected chi connectivity index (χ0v) is 18.5. The Morgan fingerprint density at radius 1 is 1.15 bits per heavy atom. The molecule has 0 saturated carbocycles. The number of rotatable bonds is 2. The van der Waals surface area contributed by atoms with Crippen LogP contribution in [0.2, 0.25) is 10.0 Å². The number of nitrogens with zero attached hydrogens (tertiary/aromatic N) is 1. The quantitative estimate of drug-likeness (QED) is 0.149. The molecule has 3 rings (SSSR count). The van der Waals surface area contributed by atoms with Gasteiger partial charge in [0, 0.05) is 14.5 Å². The summed E-state index contributed by atoms with van der Waals surface area (Å²) in [5, 5.41) is -0.913. The molecule has 0 aromatic heterocycles. The van der Waals surface area contributed by atoms with Crippen molar-refractivity contribution in [2.45, 2.75) is 17.3 Å². The molecule has 26 heavy (non-hydrogen) atoms. The number of hydrogen-bond donors (Lipinski definition) is 0. The van der Waals surface area contributed by atoms with E-state index in [2.05, 4.69) is 42.9 Å². The van der Waals surface area contributed by atoms with E-state index in [9.17, 15) is 17.6 Å². The fourth-order valence-electron chi connectivity index (χ4n) is 2.52. The van der Waals surface area contributed by atoms with Gasteiger partial charge in [-0.3, -0.25) is 0 Å². The topological polar surface area (TPSA) is 12.4 Å². The lowest BCUT2D eigenvalue weighted by Gasteiger charge is -2.30. The molecule has 1 nitrogen and oxygen atoms in total. The first-order chi connectivity index (χ1) is 12.0. The Labute approximate surface area is 182 Å². The van der Waals surface area contributed by atoms with E-state index in [-0.39, 0.29) is 5.56 Å². The highest BCUT2D eigenvalue weighted by Crippen LogP contribution is 2.57. The van der Waals surface area contributed by atoms with E-state index in [1.165, 1.54) is 0 Å². The van der Waals surface area contributed by atoms with Crippen molar-refractivity contribution in [1.82, 2.24) is 0 Å². The Hall–Kier alpha value is -0.0300. The normalized spacial score (nSPS) is 20.4. The molecule has 1 aliphatic rings. The maximum absolute atomic E-state index is 14.0. The zero-order valence-electron chi connectivity index (χ0n) is 12.5. The van der Waals surface area contributed by atoms with E-state index in [4.69, 9.17) is 23.2 Å². The van der Waals surface area contributed by atoms with E-state index in [1.54, 1.807) is 18.2 Å². The lowest BCUT2D eigenvalue weighted by atomic mass is 9.89.